The number of halogens is 3. The van der Waals surface area contributed by atoms with Crippen molar-refractivity contribution in [1.82, 2.24) is 4.90 Å². The molecule has 0 fully saturated rings. The van der Waals surface area contributed by atoms with Crippen molar-refractivity contribution in [2.75, 3.05) is 32.5 Å². The Morgan fingerprint density at radius 3 is 2.68 bits per heavy atom. The summed E-state index contributed by atoms with van der Waals surface area (Å²) in [5.74, 6) is 0. The molecular formula is C13H19F3N2O. The van der Waals surface area contributed by atoms with Crippen LogP contribution in [0.4, 0.5) is 18.9 Å². The minimum Gasteiger partial charge on any atom is -0.399 e. The van der Waals surface area contributed by atoms with Crippen molar-refractivity contribution in [1.29, 1.82) is 0 Å². The van der Waals surface area contributed by atoms with Crippen molar-refractivity contribution in [2.24, 2.45) is 0 Å². The number of ether oxygens (including phenoxy) is 1. The van der Waals surface area contributed by atoms with Crippen LogP contribution >= 0.6 is 0 Å². The van der Waals surface area contributed by atoms with Crippen molar-refractivity contribution < 1.29 is 17.9 Å². The van der Waals surface area contributed by atoms with Crippen LogP contribution in [0.3, 0.4) is 0 Å². The van der Waals surface area contributed by atoms with Gasteiger partial charge in [0.05, 0.1) is 0 Å². The predicted octanol–water partition coefficient (Wildman–Crippen LogP) is 2.67. The maximum atomic E-state index is 11.8. The summed E-state index contributed by atoms with van der Waals surface area (Å²) in [6.45, 7) is 0.323. The predicted molar refractivity (Wildman–Crippen MR) is 68.7 cm³/mol. The van der Waals surface area contributed by atoms with Crippen molar-refractivity contribution in [2.45, 2.75) is 19.1 Å². The van der Waals surface area contributed by atoms with E-state index in [1.807, 2.05) is 36.2 Å². The van der Waals surface area contributed by atoms with Crippen molar-refractivity contribution >= 4 is 5.69 Å². The number of nitrogens with two attached hydrogens (primary N) is 1. The lowest BCUT2D eigenvalue weighted by atomic mass is 10.2. The van der Waals surface area contributed by atoms with Gasteiger partial charge in [-0.05, 0) is 31.2 Å². The summed E-state index contributed by atoms with van der Waals surface area (Å²) < 4.78 is 40.0. The number of hydrogen-bond donors (Lipinski definition) is 1. The first-order chi connectivity index (χ1) is 8.87. The van der Waals surface area contributed by atoms with Gasteiger partial charge in [-0.2, -0.15) is 13.2 Å². The Balaban J connectivity index is 2.16. The zero-order valence-electron chi connectivity index (χ0n) is 10.9. The first-order valence-electron chi connectivity index (χ1n) is 6.04. The summed E-state index contributed by atoms with van der Waals surface area (Å²) in [6.07, 6.45) is -3.68. The molecular weight excluding hydrogens is 257 g/mol. The van der Waals surface area contributed by atoms with E-state index in [-0.39, 0.29) is 6.61 Å². The van der Waals surface area contributed by atoms with Crippen LogP contribution in [0.2, 0.25) is 0 Å². The lowest BCUT2D eigenvalue weighted by molar-refractivity contribution is -0.174. The standard InChI is InChI=1S/C13H19F3N2O/c1-18(6-3-7-19-10-13(14,15)16)9-11-4-2-5-12(17)8-11/h2,4-5,8H,3,6-7,9-10,17H2,1H3. The summed E-state index contributed by atoms with van der Waals surface area (Å²) in [4.78, 5) is 2.02. The lowest BCUT2D eigenvalue weighted by Crippen LogP contribution is -2.22. The highest BCUT2D eigenvalue weighted by Gasteiger charge is 2.27. The van der Waals surface area contributed by atoms with Gasteiger partial charge in [-0.1, -0.05) is 12.1 Å². The molecule has 0 saturated heterocycles. The van der Waals surface area contributed by atoms with E-state index in [4.69, 9.17) is 5.73 Å². The molecule has 0 spiro atoms. The Morgan fingerprint density at radius 2 is 2.05 bits per heavy atom. The highest BCUT2D eigenvalue weighted by atomic mass is 19.4. The van der Waals surface area contributed by atoms with E-state index < -0.39 is 12.8 Å². The number of anilines is 1. The number of rotatable bonds is 7. The van der Waals surface area contributed by atoms with Gasteiger partial charge in [0.2, 0.25) is 0 Å². The first-order valence-corrected chi connectivity index (χ1v) is 6.04. The molecule has 0 saturated carbocycles. The summed E-state index contributed by atoms with van der Waals surface area (Å²) in [5.41, 5.74) is 7.46. The Morgan fingerprint density at radius 1 is 1.32 bits per heavy atom. The fourth-order valence-electron chi connectivity index (χ4n) is 1.71. The molecule has 1 aromatic rings. The third kappa shape index (κ3) is 7.69. The van der Waals surface area contributed by atoms with E-state index in [0.29, 0.717) is 25.2 Å². The Bertz CT molecular complexity index is 382. The second-order valence-electron chi connectivity index (χ2n) is 4.50. The largest absolute Gasteiger partial charge is 0.411 e. The van der Waals surface area contributed by atoms with Gasteiger partial charge in [-0.25, -0.2) is 0 Å². The molecule has 0 aliphatic rings. The van der Waals surface area contributed by atoms with Gasteiger partial charge >= 0.3 is 6.18 Å². The van der Waals surface area contributed by atoms with Crippen LogP contribution in [0.25, 0.3) is 0 Å². The quantitative estimate of drug-likeness (QED) is 0.614. The highest BCUT2D eigenvalue weighted by molar-refractivity contribution is 5.40. The number of benzene rings is 1. The molecule has 19 heavy (non-hydrogen) atoms. The van der Waals surface area contributed by atoms with Crippen LogP contribution in [-0.4, -0.2) is 37.9 Å². The van der Waals surface area contributed by atoms with Gasteiger partial charge in [0, 0.05) is 25.4 Å². The molecule has 0 radical (unpaired) electrons. The number of alkyl halides is 3. The molecule has 0 aromatic heterocycles. The van der Waals surface area contributed by atoms with Crippen LogP contribution in [0.15, 0.2) is 24.3 Å². The summed E-state index contributed by atoms with van der Waals surface area (Å²) >= 11 is 0. The SMILES string of the molecule is CN(CCCOCC(F)(F)F)Cc1cccc(N)c1. The third-order valence-electron chi connectivity index (χ3n) is 2.50. The van der Waals surface area contributed by atoms with Gasteiger partial charge in [0.1, 0.15) is 6.61 Å². The fourth-order valence-corrected chi connectivity index (χ4v) is 1.71. The van der Waals surface area contributed by atoms with Crippen LogP contribution in [0, 0.1) is 0 Å². The molecule has 108 valence electrons. The molecule has 0 heterocycles. The van der Waals surface area contributed by atoms with Crippen molar-refractivity contribution in [3.8, 4) is 0 Å². The highest BCUT2D eigenvalue weighted by Crippen LogP contribution is 2.14. The molecule has 6 heteroatoms. The first kappa shape index (κ1) is 15.8. The molecule has 2 N–H and O–H groups in total. The van der Waals surface area contributed by atoms with Crippen molar-refractivity contribution in [3.63, 3.8) is 0 Å². The number of nitrogens with zero attached hydrogens (tertiary/aromatic N) is 1. The van der Waals surface area contributed by atoms with Crippen LogP contribution in [0.1, 0.15) is 12.0 Å². The van der Waals surface area contributed by atoms with E-state index in [9.17, 15) is 13.2 Å². The molecule has 0 amide bonds. The molecule has 0 atom stereocenters. The van der Waals surface area contributed by atoms with Gasteiger partial charge in [0.15, 0.2) is 0 Å². The van der Waals surface area contributed by atoms with E-state index in [2.05, 4.69) is 4.74 Å². The molecule has 0 aliphatic carbocycles. The number of hydrogen-bond acceptors (Lipinski definition) is 3. The smallest absolute Gasteiger partial charge is 0.399 e. The lowest BCUT2D eigenvalue weighted by Gasteiger charge is -2.17. The summed E-state index contributed by atoms with van der Waals surface area (Å²) in [6, 6.07) is 7.54. The van der Waals surface area contributed by atoms with E-state index in [0.717, 1.165) is 5.56 Å². The minimum atomic E-state index is -4.24. The minimum absolute atomic E-state index is 0.112. The van der Waals surface area contributed by atoms with Gasteiger partial charge in [-0.15, -0.1) is 0 Å². The Kier molecular flexibility index (Phi) is 6.11. The molecule has 0 aliphatic heterocycles. The second kappa shape index (κ2) is 7.35. The van der Waals surface area contributed by atoms with Crippen molar-refractivity contribution in [3.05, 3.63) is 29.8 Å². The molecule has 1 aromatic carbocycles. The molecule has 3 nitrogen and oxygen atoms in total. The Labute approximate surface area is 111 Å². The monoisotopic (exact) mass is 276 g/mol. The zero-order chi connectivity index (χ0) is 14.3. The van der Waals surface area contributed by atoms with Gasteiger partial charge in [0.25, 0.3) is 0 Å². The molecule has 1 rings (SSSR count). The normalized spacial score (nSPS) is 12.1. The maximum absolute atomic E-state index is 11.8. The fraction of sp³-hybridized carbons (Fsp3) is 0.538. The van der Waals surface area contributed by atoms with E-state index in [1.54, 1.807) is 0 Å². The number of nitrogen functional groups attached to an aromatic ring is 1. The van der Waals surface area contributed by atoms with Gasteiger partial charge < -0.3 is 15.4 Å². The van der Waals surface area contributed by atoms with Crippen LogP contribution in [-0.2, 0) is 11.3 Å². The van der Waals surface area contributed by atoms with Gasteiger partial charge in [-0.3, -0.25) is 0 Å². The van der Waals surface area contributed by atoms with Crippen LogP contribution in [0.5, 0.6) is 0 Å². The molecule has 0 unspecified atom stereocenters. The van der Waals surface area contributed by atoms with E-state index >= 15 is 0 Å². The maximum Gasteiger partial charge on any atom is 0.411 e. The van der Waals surface area contributed by atoms with Crippen LogP contribution < -0.4 is 5.73 Å². The van der Waals surface area contributed by atoms with E-state index in [1.165, 1.54) is 0 Å². The molecule has 0 bridgehead atoms. The third-order valence-corrected chi connectivity index (χ3v) is 2.50. The zero-order valence-corrected chi connectivity index (χ0v) is 10.9. The summed E-state index contributed by atoms with van der Waals surface area (Å²) in [7, 11) is 1.91. The average molecular weight is 276 g/mol. The Hall–Kier alpha value is -1.27. The topological polar surface area (TPSA) is 38.5 Å². The average Bonchev–Trinajstić information content (AvgIpc) is 2.26. The summed E-state index contributed by atoms with van der Waals surface area (Å²) in [5, 5.41) is 0. The second-order valence-corrected chi connectivity index (χ2v) is 4.50.